The Morgan fingerprint density at radius 2 is 2.08 bits per heavy atom. The Labute approximate surface area is 151 Å². The van der Waals surface area contributed by atoms with Gasteiger partial charge in [-0.15, -0.1) is 0 Å². The molecule has 2 rings (SSSR count). The lowest BCUT2D eigenvalue weighted by atomic mass is 10.1. The first-order valence-corrected chi connectivity index (χ1v) is 8.88. The first kappa shape index (κ1) is 19.7. The molecule has 1 aliphatic heterocycles. The van der Waals surface area contributed by atoms with E-state index in [4.69, 9.17) is 14.2 Å². The third-order valence-corrected chi connectivity index (χ3v) is 4.48. The number of ether oxygens (including phenoxy) is 3. The summed E-state index contributed by atoms with van der Waals surface area (Å²) < 4.78 is 16.3. The molecule has 1 aliphatic rings. The maximum atomic E-state index is 5.66. The Morgan fingerprint density at radius 1 is 1.28 bits per heavy atom. The highest BCUT2D eigenvalue weighted by atomic mass is 16.5. The molecule has 0 aromatic heterocycles. The molecule has 1 aromatic rings. The summed E-state index contributed by atoms with van der Waals surface area (Å²) in [6, 6.07) is 10.3. The number of guanidine groups is 1. The molecule has 2 unspecified atom stereocenters. The van der Waals surface area contributed by atoms with Crippen LogP contribution in [0, 0.1) is 5.92 Å². The number of benzene rings is 1. The van der Waals surface area contributed by atoms with Gasteiger partial charge in [-0.1, -0.05) is 30.3 Å². The fraction of sp³-hybridized carbons (Fsp3) is 0.632. The van der Waals surface area contributed by atoms with Crippen LogP contribution < -0.4 is 5.32 Å². The second-order valence-corrected chi connectivity index (χ2v) is 6.23. The number of hydrogen-bond donors (Lipinski definition) is 1. The van der Waals surface area contributed by atoms with Crippen LogP contribution in [0.5, 0.6) is 0 Å². The van der Waals surface area contributed by atoms with E-state index in [-0.39, 0.29) is 6.10 Å². The van der Waals surface area contributed by atoms with E-state index < -0.39 is 0 Å². The van der Waals surface area contributed by atoms with Crippen molar-refractivity contribution in [1.29, 1.82) is 0 Å². The van der Waals surface area contributed by atoms with Crippen LogP contribution in [0.1, 0.15) is 18.1 Å². The predicted octanol–water partition coefficient (Wildman–Crippen LogP) is 1.93. The quantitative estimate of drug-likeness (QED) is 0.419. The van der Waals surface area contributed by atoms with Crippen LogP contribution in [0.3, 0.4) is 0 Å². The summed E-state index contributed by atoms with van der Waals surface area (Å²) >= 11 is 0. The van der Waals surface area contributed by atoms with Crippen molar-refractivity contribution in [2.24, 2.45) is 10.9 Å². The van der Waals surface area contributed by atoms with Crippen molar-refractivity contribution in [3.05, 3.63) is 35.9 Å². The maximum absolute atomic E-state index is 5.66. The SMILES string of the molecule is CN=C(NCC(OC)c1ccccc1)N1CCC(COCCOC)C1. The topological polar surface area (TPSA) is 55.3 Å². The van der Waals surface area contributed by atoms with Gasteiger partial charge in [0.2, 0.25) is 0 Å². The summed E-state index contributed by atoms with van der Waals surface area (Å²) in [5.74, 6) is 1.47. The second kappa shape index (κ2) is 11.1. The van der Waals surface area contributed by atoms with Crippen molar-refractivity contribution in [2.75, 3.05) is 60.7 Å². The largest absolute Gasteiger partial charge is 0.382 e. The van der Waals surface area contributed by atoms with E-state index in [2.05, 4.69) is 27.3 Å². The molecule has 6 heteroatoms. The van der Waals surface area contributed by atoms with Gasteiger partial charge in [0, 0.05) is 46.8 Å². The van der Waals surface area contributed by atoms with Crippen molar-refractivity contribution in [3.8, 4) is 0 Å². The van der Waals surface area contributed by atoms with Crippen LogP contribution in [-0.4, -0.2) is 71.6 Å². The molecule has 1 aromatic carbocycles. The zero-order valence-electron chi connectivity index (χ0n) is 15.6. The zero-order valence-corrected chi connectivity index (χ0v) is 15.6. The van der Waals surface area contributed by atoms with E-state index in [1.165, 1.54) is 5.56 Å². The van der Waals surface area contributed by atoms with Crippen LogP contribution in [-0.2, 0) is 14.2 Å². The number of hydrogen-bond acceptors (Lipinski definition) is 4. The minimum atomic E-state index is 0.00808. The summed E-state index contributed by atoms with van der Waals surface area (Å²) in [7, 11) is 5.26. The number of aliphatic imine (C=N–C) groups is 1. The van der Waals surface area contributed by atoms with E-state index in [9.17, 15) is 0 Å². The van der Waals surface area contributed by atoms with Gasteiger partial charge in [-0.05, 0) is 12.0 Å². The normalized spacial score (nSPS) is 19.2. The molecule has 0 saturated carbocycles. The minimum absolute atomic E-state index is 0.00808. The van der Waals surface area contributed by atoms with Crippen LogP contribution in [0.25, 0.3) is 0 Å². The Balaban J connectivity index is 1.78. The summed E-state index contributed by atoms with van der Waals surface area (Å²) in [4.78, 5) is 6.72. The lowest BCUT2D eigenvalue weighted by Crippen LogP contribution is -2.42. The van der Waals surface area contributed by atoms with Gasteiger partial charge in [0.15, 0.2) is 5.96 Å². The monoisotopic (exact) mass is 349 g/mol. The molecule has 1 heterocycles. The molecule has 6 nitrogen and oxygen atoms in total. The molecule has 0 radical (unpaired) electrons. The number of methoxy groups -OCH3 is 2. The molecule has 140 valence electrons. The maximum Gasteiger partial charge on any atom is 0.193 e. The van der Waals surface area contributed by atoms with Crippen molar-refractivity contribution in [2.45, 2.75) is 12.5 Å². The van der Waals surface area contributed by atoms with Gasteiger partial charge in [-0.25, -0.2) is 0 Å². The van der Waals surface area contributed by atoms with Crippen LogP contribution in [0.15, 0.2) is 35.3 Å². The van der Waals surface area contributed by atoms with Crippen molar-refractivity contribution in [3.63, 3.8) is 0 Å². The van der Waals surface area contributed by atoms with Gasteiger partial charge in [0.25, 0.3) is 0 Å². The Kier molecular flexibility index (Phi) is 8.72. The van der Waals surface area contributed by atoms with Gasteiger partial charge >= 0.3 is 0 Å². The molecule has 25 heavy (non-hydrogen) atoms. The molecule has 0 spiro atoms. The van der Waals surface area contributed by atoms with Gasteiger partial charge in [0.1, 0.15) is 0 Å². The minimum Gasteiger partial charge on any atom is -0.382 e. The van der Waals surface area contributed by atoms with Gasteiger partial charge in [-0.3, -0.25) is 4.99 Å². The third kappa shape index (κ3) is 6.30. The highest BCUT2D eigenvalue weighted by Gasteiger charge is 2.25. The highest BCUT2D eigenvalue weighted by Crippen LogP contribution is 2.18. The second-order valence-electron chi connectivity index (χ2n) is 6.23. The van der Waals surface area contributed by atoms with Crippen LogP contribution in [0.2, 0.25) is 0 Å². The van der Waals surface area contributed by atoms with E-state index in [1.807, 2.05) is 25.2 Å². The van der Waals surface area contributed by atoms with E-state index in [0.717, 1.165) is 32.1 Å². The molecule has 1 N–H and O–H groups in total. The average molecular weight is 349 g/mol. The Bertz CT molecular complexity index is 510. The molecular formula is C19H31N3O3. The molecule has 1 saturated heterocycles. The van der Waals surface area contributed by atoms with E-state index >= 15 is 0 Å². The lowest BCUT2D eigenvalue weighted by Gasteiger charge is -2.24. The summed E-state index contributed by atoms with van der Waals surface area (Å²) in [5.41, 5.74) is 1.17. The highest BCUT2D eigenvalue weighted by molar-refractivity contribution is 5.80. The van der Waals surface area contributed by atoms with Crippen molar-refractivity contribution < 1.29 is 14.2 Å². The molecule has 0 bridgehead atoms. The predicted molar refractivity (Wildman–Crippen MR) is 99.9 cm³/mol. The van der Waals surface area contributed by atoms with Gasteiger partial charge in [-0.2, -0.15) is 0 Å². The lowest BCUT2D eigenvalue weighted by molar-refractivity contribution is 0.0536. The van der Waals surface area contributed by atoms with Crippen LogP contribution >= 0.6 is 0 Å². The number of rotatable bonds is 9. The fourth-order valence-corrected chi connectivity index (χ4v) is 3.07. The zero-order chi connectivity index (χ0) is 17.9. The Morgan fingerprint density at radius 3 is 2.76 bits per heavy atom. The smallest absolute Gasteiger partial charge is 0.193 e. The molecule has 0 amide bonds. The first-order valence-electron chi connectivity index (χ1n) is 8.88. The van der Waals surface area contributed by atoms with Crippen molar-refractivity contribution in [1.82, 2.24) is 10.2 Å². The standard InChI is InChI=1S/C19H31N3O3/c1-20-19(21-13-18(24-3)17-7-5-4-6-8-17)22-10-9-16(14-22)15-25-12-11-23-2/h4-8,16,18H,9-15H2,1-3H3,(H,20,21). The fourth-order valence-electron chi connectivity index (χ4n) is 3.07. The first-order chi connectivity index (χ1) is 12.3. The molecule has 0 aliphatic carbocycles. The number of likely N-dealkylation sites (tertiary alicyclic amines) is 1. The molecular weight excluding hydrogens is 318 g/mol. The number of nitrogens with zero attached hydrogens (tertiary/aromatic N) is 2. The van der Waals surface area contributed by atoms with Gasteiger partial charge in [0.05, 0.1) is 25.9 Å². The van der Waals surface area contributed by atoms with Gasteiger partial charge < -0.3 is 24.4 Å². The van der Waals surface area contributed by atoms with E-state index in [0.29, 0.717) is 25.7 Å². The van der Waals surface area contributed by atoms with Crippen molar-refractivity contribution >= 4 is 5.96 Å². The molecule has 1 fully saturated rings. The summed E-state index contributed by atoms with van der Waals surface area (Å²) in [6.07, 6.45) is 1.13. The average Bonchev–Trinajstić information content (AvgIpc) is 3.12. The summed E-state index contributed by atoms with van der Waals surface area (Å²) in [5, 5.41) is 3.45. The van der Waals surface area contributed by atoms with Crippen LogP contribution in [0.4, 0.5) is 0 Å². The number of nitrogens with one attached hydrogen (secondary N) is 1. The Hall–Kier alpha value is -1.63. The molecule has 2 atom stereocenters. The van der Waals surface area contributed by atoms with E-state index in [1.54, 1.807) is 14.2 Å². The third-order valence-electron chi connectivity index (χ3n) is 4.48. The summed E-state index contributed by atoms with van der Waals surface area (Å²) in [6.45, 7) is 4.75.